The van der Waals surface area contributed by atoms with Crippen molar-refractivity contribution < 1.29 is 0 Å². The molecule has 0 saturated carbocycles. The average molecular weight is 246 g/mol. The third kappa shape index (κ3) is 2.69. The van der Waals surface area contributed by atoms with Crippen LogP contribution in [0, 0.1) is 12.8 Å². The number of hydrogen-bond donors (Lipinski definition) is 1. The normalized spacial score (nSPS) is 23.4. The maximum atomic E-state index is 3.67. The molecule has 1 aromatic rings. The van der Waals surface area contributed by atoms with E-state index in [1.165, 1.54) is 11.3 Å². The fourth-order valence-electron chi connectivity index (χ4n) is 2.84. The van der Waals surface area contributed by atoms with E-state index < -0.39 is 0 Å². The Morgan fingerprint density at radius 3 is 2.56 bits per heavy atom. The highest BCUT2D eigenvalue weighted by Crippen LogP contribution is 2.29. The summed E-state index contributed by atoms with van der Waals surface area (Å²) in [6.07, 6.45) is 0. The van der Waals surface area contributed by atoms with Gasteiger partial charge in [0.25, 0.3) is 0 Å². The Kier molecular flexibility index (Phi) is 3.67. The highest BCUT2D eigenvalue weighted by atomic mass is 15.3. The predicted octanol–water partition coefficient (Wildman–Crippen LogP) is 3.21. The summed E-state index contributed by atoms with van der Waals surface area (Å²) in [6.45, 7) is 13.6. The van der Waals surface area contributed by atoms with Gasteiger partial charge in [-0.2, -0.15) is 0 Å². The first-order chi connectivity index (χ1) is 8.41. The average Bonchev–Trinajstić information content (AvgIpc) is 2.27. The molecule has 0 bridgehead atoms. The highest BCUT2D eigenvalue weighted by Gasteiger charge is 2.34. The number of aryl methyl sites for hydroxylation is 1. The minimum Gasteiger partial charge on any atom is -0.365 e. The van der Waals surface area contributed by atoms with Crippen molar-refractivity contribution in [1.29, 1.82) is 0 Å². The zero-order valence-electron chi connectivity index (χ0n) is 12.3. The molecule has 0 radical (unpaired) electrons. The molecule has 0 spiro atoms. The molecule has 0 amide bonds. The molecule has 1 heterocycles. The van der Waals surface area contributed by atoms with Crippen molar-refractivity contribution in [2.45, 2.75) is 46.2 Å². The molecule has 2 heteroatoms. The first-order valence-corrected chi connectivity index (χ1v) is 6.98. The van der Waals surface area contributed by atoms with Crippen LogP contribution in [0.2, 0.25) is 0 Å². The standard InChI is InChI=1S/C16H26N2/c1-12(2)15-10-17-16(4,5)11-18(15)14-9-7-6-8-13(14)3/h6-9,12,15,17H,10-11H2,1-5H3. The van der Waals surface area contributed by atoms with Crippen LogP contribution in [0.15, 0.2) is 24.3 Å². The second-order valence-electron chi connectivity index (χ2n) is 6.49. The summed E-state index contributed by atoms with van der Waals surface area (Å²) in [7, 11) is 0. The number of benzene rings is 1. The van der Waals surface area contributed by atoms with Crippen LogP contribution in [0.1, 0.15) is 33.3 Å². The van der Waals surface area contributed by atoms with Gasteiger partial charge in [-0.15, -0.1) is 0 Å². The van der Waals surface area contributed by atoms with Gasteiger partial charge >= 0.3 is 0 Å². The molecule has 2 nitrogen and oxygen atoms in total. The maximum absolute atomic E-state index is 3.67. The van der Waals surface area contributed by atoms with Gasteiger partial charge in [0.2, 0.25) is 0 Å². The lowest BCUT2D eigenvalue weighted by atomic mass is 9.92. The number of anilines is 1. The Balaban J connectivity index is 2.33. The molecule has 0 aromatic heterocycles. The van der Waals surface area contributed by atoms with Gasteiger partial charge in [0, 0.05) is 30.4 Å². The molecule has 1 atom stereocenters. The smallest absolute Gasteiger partial charge is 0.0438 e. The van der Waals surface area contributed by atoms with E-state index in [4.69, 9.17) is 0 Å². The van der Waals surface area contributed by atoms with Crippen molar-refractivity contribution in [2.75, 3.05) is 18.0 Å². The largest absolute Gasteiger partial charge is 0.365 e. The van der Waals surface area contributed by atoms with Gasteiger partial charge in [-0.25, -0.2) is 0 Å². The van der Waals surface area contributed by atoms with E-state index in [1.807, 2.05) is 0 Å². The molecule has 1 unspecified atom stereocenters. The molecule has 18 heavy (non-hydrogen) atoms. The minimum atomic E-state index is 0.188. The van der Waals surface area contributed by atoms with E-state index in [-0.39, 0.29) is 5.54 Å². The lowest BCUT2D eigenvalue weighted by Gasteiger charge is -2.48. The van der Waals surface area contributed by atoms with Crippen LogP contribution < -0.4 is 10.2 Å². The zero-order valence-corrected chi connectivity index (χ0v) is 12.3. The number of para-hydroxylation sites is 1. The van der Waals surface area contributed by atoms with Crippen LogP contribution in [-0.2, 0) is 0 Å². The second kappa shape index (κ2) is 4.93. The lowest BCUT2D eigenvalue weighted by Crippen LogP contribution is -2.63. The van der Waals surface area contributed by atoms with E-state index in [2.05, 4.69) is 69.1 Å². The predicted molar refractivity (Wildman–Crippen MR) is 79.2 cm³/mol. The third-order valence-electron chi connectivity index (χ3n) is 3.95. The number of nitrogens with zero attached hydrogens (tertiary/aromatic N) is 1. The maximum Gasteiger partial charge on any atom is 0.0438 e. The van der Waals surface area contributed by atoms with Crippen molar-refractivity contribution >= 4 is 5.69 Å². The number of rotatable bonds is 2. The Bertz CT molecular complexity index is 409. The third-order valence-corrected chi connectivity index (χ3v) is 3.95. The second-order valence-corrected chi connectivity index (χ2v) is 6.49. The number of nitrogens with one attached hydrogen (secondary N) is 1. The van der Waals surface area contributed by atoms with Gasteiger partial charge in [-0.3, -0.25) is 0 Å². The van der Waals surface area contributed by atoms with E-state index in [0.29, 0.717) is 12.0 Å². The molecule has 1 fully saturated rings. The van der Waals surface area contributed by atoms with Gasteiger partial charge in [-0.05, 0) is 38.3 Å². The van der Waals surface area contributed by atoms with Crippen LogP contribution >= 0.6 is 0 Å². The molecular weight excluding hydrogens is 220 g/mol. The summed E-state index contributed by atoms with van der Waals surface area (Å²) in [5, 5.41) is 3.67. The summed E-state index contributed by atoms with van der Waals surface area (Å²) >= 11 is 0. The number of piperazine rings is 1. The van der Waals surface area contributed by atoms with E-state index in [1.54, 1.807) is 0 Å². The fourth-order valence-corrected chi connectivity index (χ4v) is 2.84. The van der Waals surface area contributed by atoms with Crippen LogP contribution in [-0.4, -0.2) is 24.7 Å². The monoisotopic (exact) mass is 246 g/mol. The SMILES string of the molecule is Cc1ccccc1N1CC(C)(C)NCC1C(C)C. The van der Waals surface area contributed by atoms with Gasteiger partial charge in [0.15, 0.2) is 0 Å². The summed E-state index contributed by atoms with van der Waals surface area (Å²) in [6, 6.07) is 9.32. The quantitative estimate of drug-likeness (QED) is 0.862. The Labute approximate surface area is 111 Å². The fraction of sp³-hybridized carbons (Fsp3) is 0.625. The Hall–Kier alpha value is -1.02. The van der Waals surface area contributed by atoms with Crippen LogP contribution in [0.5, 0.6) is 0 Å². The number of hydrogen-bond acceptors (Lipinski definition) is 2. The molecule has 1 N–H and O–H groups in total. The first kappa shape index (κ1) is 13.4. The van der Waals surface area contributed by atoms with Crippen molar-refractivity contribution in [3.63, 3.8) is 0 Å². The van der Waals surface area contributed by atoms with Crippen LogP contribution in [0.3, 0.4) is 0 Å². The molecule has 100 valence electrons. The summed E-state index contributed by atoms with van der Waals surface area (Å²) in [5.74, 6) is 0.660. The zero-order chi connectivity index (χ0) is 13.3. The summed E-state index contributed by atoms with van der Waals surface area (Å²) in [4.78, 5) is 2.59. The van der Waals surface area contributed by atoms with Crippen LogP contribution in [0.4, 0.5) is 5.69 Å². The van der Waals surface area contributed by atoms with Gasteiger partial charge in [-0.1, -0.05) is 32.0 Å². The van der Waals surface area contributed by atoms with E-state index in [0.717, 1.165) is 13.1 Å². The lowest BCUT2D eigenvalue weighted by molar-refractivity contribution is 0.277. The molecule has 1 saturated heterocycles. The van der Waals surface area contributed by atoms with Crippen molar-refractivity contribution in [2.24, 2.45) is 5.92 Å². The molecule has 1 aliphatic rings. The van der Waals surface area contributed by atoms with Crippen LogP contribution in [0.25, 0.3) is 0 Å². The molecule has 2 rings (SSSR count). The van der Waals surface area contributed by atoms with Gasteiger partial charge in [0.1, 0.15) is 0 Å². The van der Waals surface area contributed by atoms with Gasteiger partial charge in [0.05, 0.1) is 0 Å². The summed E-state index contributed by atoms with van der Waals surface area (Å²) in [5.41, 5.74) is 2.96. The molecule has 1 aromatic carbocycles. The van der Waals surface area contributed by atoms with Crippen molar-refractivity contribution in [1.82, 2.24) is 5.32 Å². The van der Waals surface area contributed by atoms with E-state index in [9.17, 15) is 0 Å². The highest BCUT2D eigenvalue weighted by molar-refractivity contribution is 5.55. The molecular formula is C16H26N2. The minimum absolute atomic E-state index is 0.188. The topological polar surface area (TPSA) is 15.3 Å². The Morgan fingerprint density at radius 1 is 1.28 bits per heavy atom. The van der Waals surface area contributed by atoms with Gasteiger partial charge < -0.3 is 10.2 Å². The summed E-state index contributed by atoms with van der Waals surface area (Å²) < 4.78 is 0. The van der Waals surface area contributed by atoms with Crippen molar-refractivity contribution in [3.8, 4) is 0 Å². The molecule has 0 aliphatic carbocycles. The first-order valence-electron chi connectivity index (χ1n) is 6.98. The van der Waals surface area contributed by atoms with E-state index >= 15 is 0 Å². The van der Waals surface area contributed by atoms with Crippen molar-refractivity contribution in [3.05, 3.63) is 29.8 Å². The molecule has 1 aliphatic heterocycles. The Morgan fingerprint density at radius 2 is 1.94 bits per heavy atom.